The molecule has 0 atom stereocenters. The van der Waals surface area contributed by atoms with E-state index in [1.165, 1.54) is 24.1 Å². The van der Waals surface area contributed by atoms with Crippen molar-refractivity contribution in [2.75, 3.05) is 23.9 Å². The third kappa shape index (κ3) is 2.49. The average Bonchev–Trinajstić information content (AvgIpc) is 2.75. The number of hydrogen-bond donors (Lipinski definition) is 0. The molecule has 0 N–H and O–H groups in total. The SMILES string of the molecule is CCCN(CCCl)c1ccc2c(n1)CCC2. The molecule has 0 aliphatic heterocycles. The topological polar surface area (TPSA) is 16.1 Å². The second-order valence-electron chi connectivity index (χ2n) is 4.30. The van der Waals surface area contributed by atoms with Gasteiger partial charge in [-0.05, 0) is 37.3 Å². The molecule has 1 aliphatic rings. The standard InChI is InChI=1S/C13H19ClN2/c1-2-9-16(10-8-14)13-7-6-11-4-3-5-12(11)15-13/h6-7H,2-5,8-10H2,1H3. The molecule has 0 unspecified atom stereocenters. The first-order valence-electron chi connectivity index (χ1n) is 6.15. The highest BCUT2D eigenvalue weighted by Gasteiger charge is 2.14. The van der Waals surface area contributed by atoms with Crippen molar-refractivity contribution in [3.8, 4) is 0 Å². The monoisotopic (exact) mass is 238 g/mol. The Hall–Kier alpha value is -0.760. The minimum absolute atomic E-state index is 0.665. The van der Waals surface area contributed by atoms with Crippen LogP contribution in [-0.4, -0.2) is 24.0 Å². The second kappa shape index (κ2) is 5.53. The van der Waals surface area contributed by atoms with Crippen molar-refractivity contribution in [3.63, 3.8) is 0 Å². The summed E-state index contributed by atoms with van der Waals surface area (Å²) in [6.45, 7) is 4.12. The van der Waals surface area contributed by atoms with Gasteiger partial charge in [0.15, 0.2) is 0 Å². The van der Waals surface area contributed by atoms with Gasteiger partial charge in [-0.2, -0.15) is 0 Å². The smallest absolute Gasteiger partial charge is 0.128 e. The molecule has 2 rings (SSSR count). The minimum atomic E-state index is 0.665. The molecule has 1 aromatic heterocycles. The molecule has 1 aromatic rings. The van der Waals surface area contributed by atoms with Crippen molar-refractivity contribution in [2.24, 2.45) is 0 Å². The minimum Gasteiger partial charge on any atom is -0.355 e. The number of hydrogen-bond acceptors (Lipinski definition) is 2. The normalized spacial score (nSPS) is 13.9. The number of rotatable bonds is 5. The fourth-order valence-electron chi connectivity index (χ4n) is 2.30. The van der Waals surface area contributed by atoms with E-state index in [2.05, 4.69) is 24.0 Å². The Labute approximate surface area is 103 Å². The van der Waals surface area contributed by atoms with Crippen LogP contribution in [0.1, 0.15) is 31.0 Å². The van der Waals surface area contributed by atoms with Crippen LogP contribution in [0, 0.1) is 0 Å². The number of halogens is 1. The zero-order valence-electron chi connectivity index (χ0n) is 9.88. The molecule has 0 spiro atoms. The lowest BCUT2D eigenvalue weighted by Gasteiger charge is -2.22. The van der Waals surface area contributed by atoms with E-state index in [0.29, 0.717) is 5.88 Å². The Morgan fingerprint density at radius 3 is 2.94 bits per heavy atom. The van der Waals surface area contributed by atoms with E-state index in [-0.39, 0.29) is 0 Å². The van der Waals surface area contributed by atoms with Crippen molar-refractivity contribution in [1.82, 2.24) is 4.98 Å². The highest BCUT2D eigenvalue weighted by Crippen LogP contribution is 2.23. The number of nitrogens with zero attached hydrogens (tertiary/aromatic N) is 2. The van der Waals surface area contributed by atoms with Crippen molar-refractivity contribution in [2.45, 2.75) is 32.6 Å². The van der Waals surface area contributed by atoms with E-state index in [1.807, 2.05) is 0 Å². The van der Waals surface area contributed by atoms with Crippen molar-refractivity contribution >= 4 is 17.4 Å². The Morgan fingerprint density at radius 2 is 2.19 bits per heavy atom. The highest BCUT2D eigenvalue weighted by molar-refractivity contribution is 6.18. The van der Waals surface area contributed by atoms with E-state index in [9.17, 15) is 0 Å². The quantitative estimate of drug-likeness (QED) is 0.734. The van der Waals surface area contributed by atoms with Gasteiger partial charge in [-0.25, -0.2) is 4.98 Å². The highest BCUT2D eigenvalue weighted by atomic mass is 35.5. The Morgan fingerprint density at radius 1 is 1.31 bits per heavy atom. The van der Waals surface area contributed by atoms with Gasteiger partial charge in [0, 0.05) is 24.7 Å². The lowest BCUT2D eigenvalue weighted by molar-refractivity contribution is 0.777. The maximum absolute atomic E-state index is 5.83. The van der Waals surface area contributed by atoms with Crippen LogP contribution in [-0.2, 0) is 12.8 Å². The summed E-state index contributed by atoms with van der Waals surface area (Å²) < 4.78 is 0. The maximum Gasteiger partial charge on any atom is 0.128 e. The van der Waals surface area contributed by atoms with E-state index in [4.69, 9.17) is 16.6 Å². The molecule has 0 amide bonds. The number of pyridine rings is 1. The van der Waals surface area contributed by atoms with E-state index < -0.39 is 0 Å². The summed E-state index contributed by atoms with van der Waals surface area (Å²) in [5.74, 6) is 1.77. The summed E-state index contributed by atoms with van der Waals surface area (Å²) in [7, 11) is 0. The van der Waals surface area contributed by atoms with Crippen LogP contribution in [0.3, 0.4) is 0 Å². The molecule has 1 heterocycles. The third-order valence-corrected chi connectivity index (χ3v) is 3.25. The molecular formula is C13H19ClN2. The van der Waals surface area contributed by atoms with Crippen LogP contribution >= 0.6 is 11.6 Å². The summed E-state index contributed by atoms with van der Waals surface area (Å²) in [6.07, 6.45) is 4.74. The largest absolute Gasteiger partial charge is 0.355 e. The molecule has 0 radical (unpaired) electrons. The lowest BCUT2D eigenvalue weighted by Crippen LogP contribution is -2.27. The van der Waals surface area contributed by atoms with Crippen molar-refractivity contribution in [3.05, 3.63) is 23.4 Å². The first-order valence-corrected chi connectivity index (χ1v) is 6.68. The van der Waals surface area contributed by atoms with Gasteiger partial charge in [0.25, 0.3) is 0 Å². The Kier molecular flexibility index (Phi) is 4.05. The molecule has 2 nitrogen and oxygen atoms in total. The Balaban J connectivity index is 2.17. The van der Waals surface area contributed by atoms with Crippen molar-refractivity contribution in [1.29, 1.82) is 0 Å². The van der Waals surface area contributed by atoms with Crippen LogP contribution < -0.4 is 4.90 Å². The van der Waals surface area contributed by atoms with Gasteiger partial charge in [0.2, 0.25) is 0 Å². The molecule has 0 fully saturated rings. The van der Waals surface area contributed by atoms with Gasteiger partial charge in [-0.15, -0.1) is 11.6 Å². The number of aromatic nitrogens is 1. The number of anilines is 1. The van der Waals surface area contributed by atoms with Crippen molar-refractivity contribution < 1.29 is 0 Å². The number of fused-ring (bicyclic) bond motifs is 1. The molecule has 1 aliphatic carbocycles. The van der Waals surface area contributed by atoms with Gasteiger partial charge in [0.05, 0.1) is 0 Å². The molecular weight excluding hydrogens is 220 g/mol. The molecule has 0 saturated heterocycles. The summed E-state index contributed by atoms with van der Waals surface area (Å²) >= 11 is 5.83. The zero-order chi connectivity index (χ0) is 11.4. The summed E-state index contributed by atoms with van der Waals surface area (Å²) in [5.41, 5.74) is 2.74. The number of alkyl halides is 1. The van der Waals surface area contributed by atoms with Crippen LogP contribution in [0.25, 0.3) is 0 Å². The molecule has 0 saturated carbocycles. The summed E-state index contributed by atoms with van der Waals surface area (Å²) in [5, 5.41) is 0. The van der Waals surface area contributed by atoms with E-state index in [1.54, 1.807) is 0 Å². The van der Waals surface area contributed by atoms with Gasteiger partial charge < -0.3 is 4.90 Å². The maximum atomic E-state index is 5.83. The zero-order valence-corrected chi connectivity index (χ0v) is 10.6. The molecule has 3 heteroatoms. The Bertz CT molecular complexity index is 346. The fraction of sp³-hybridized carbons (Fsp3) is 0.615. The van der Waals surface area contributed by atoms with Gasteiger partial charge in [-0.3, -0.25) is 0 Å². The first-order chi connectivity index (χ1) is 7.85. The molecule has 88 valence electrons. The van der Waals surface area contributed by atoms with Crippen LogP contribution in [0.15, 0.2) is 12.1 Å². The second-order valence-corrected chi connectivity index (χ2v) is 4.68. The average molecular weight is 239 g/mol. The lowest BCUT2D eigenvalue weighted by atomic mass is 10.2. The number of aryl methyl sites for hydroxylation is 2. The molecule has 0 aromatic carbocycles. The van der Waals surface area contributed by atoms with Gasteiger partial charge >= 0.3 is 0 Å². The van der Waals surface area contributed by atoms with Crippen LogP contribution in [0.5, 0.6) is 0 Å². The van der Waals surface area contributed by atoms with Gasteiger partial charge in [0.1, 0.15) is 5.82 Å². The summed E-state index contributed by atoms with van der Waals surface area (Å²) in [6, 6.07) is 4.38. The predicted octanol–water partition coefficient (Wildman–Crippen LogP) is 3.03. The first kappa shape index (κ1) is 11.7. The van der Waals surface area contributed by atoms with Gasteiger partial charge in [-0.1, -0.05) is 13.0 Å². The van der Waals surface area contributed by atoms with Crippen LogP contribution in [0.4, 0.5) is 5.82 Å². The van der Waals surface area contributed by atoms with Crippen LogP contribution in [0.2, 0.25) is 0 Å². The summed E-state index contributed by atoms with van der Waals surface area (Å²) in [4.78, 5) is 7.04. The molecule has 16 heavy (non-hydrogen) atoms. The van der Waals surface area contributed by atoms with E-state index >= 15 is 0 Å². The molecule has 0 bridgehead atoms. The predicted molar refractivity (Wildman–Crippen MR) is 69.5 cm³/mol. The van der Waals surface area contributed by atoms with E-state index in [0.717, 1.165) is 31.7 Å². The fourth-order valence-corrected chi connectivity index (χ4v) is 2.50. The third-order valence-electron chi connectivity index (χ3n) is 3.09.